The molecule has 10 heteroatoms. The number of anilines is 2. The van der Waals surface area contributed by atoms with E-state index in [1.807, 2.05) is 38.1 Å². The smallest absolute Gasteiger partial charge is 0.318 e. The van der Waals surface area contributed by atoms with Gasteiger partial charge in [-0.2, -0.15) is 5.10 Å². The van der Waals surface area contributed by atoms with Gasteiger partial charge in [0, 0.05) is 43.5 Å². The molecule has 1 aromatic carbocycles. The van der Waals surface area contributed by atoms with Crippen molar-refractivity contribution in [1.29, 1.82) is 0 Å². The second-order valence-corrected chi connectivity index (χ2v) is 8.88. The van der Waals surface area contributed by atoms with Crippen molar-refractivity contribution in [2.45, 2.75) is 38.7 Å². The second kappa shape index (κ2) is 8.02. The highest BCUT2D eigenvalue weighted by Gasteiger charge is 2.31. The second-order valence-electron chi connectivity index (χ2n) is 8.88. The lowest BCUT2D eigenvalue weighted by Crippen LogP contribution is -2.47. The maximum Gasteiger partial charge on any atom is 0.318 e. The van der Waals surface area contributed by atoms with Gasteiger partial charge in [-0.25, -0.2) is 9.97 Å². The predicted octanol–water partition coefficient (Wildman–Crippen LogP) is 3.39. The molecule has 0 amide bonds. The quantitative estimate of drug-likeness (QED) is 0.476. The van der Waals surface area contributed by atoms with Crippen molar-refractivity contribution in [1.82, 2.24) is 30.4 Å². The van der Waals surface area contributed by atoms with Gasteiger partial charge >= 0.3 is 6.01 Å². The molecule has 1 saturated heterocycles. The molecule has 0 radical (unpaired) electrons. The summed E-state index contributed by atoms with van der Waals surface area (Å²) in [6.07, 6.45) is 4.02. The monoisotopic (exact) mass is 446 g/mol. The van der Waals surface area contributed by atoms with Crippen LogP contribution >= 0.6 is 0 Å². The Morgan fingerprint density at radius 1 is 1.03 bits per heavy atom. The van der Waals surface area contributed by atoms with Crippen molar-refractivity contribution in [3.63, 3.8) is 0 Å². The van der Waals surface area contributed by atoms with E-state index in [1.165, 1.54) is 0 Å². The minimum absolute atomic E-state index is 0.106. The van der Waals surface area contributed by atoms with Gasteiger partial charge < -0.3 is 19.0 Å². The minimum atomic E-state index is 0.106. The zero-order valence-corrected chi connectivity index (χ0v) is 18.7. The molecule has 3 aromatic heterocycles. The van der Waals surface area contributed by atoms with Crippen LogP contribution in [0.25, 0.3) is 22.3 Å². The van der Waals surface area contributed by atoms with Gasteiger partial charge in [0.2, 0.25) is 5.89 Å². The third-order valence-electron chi connectivity index (χ3n) is 6.03. The first kappa shape index (κ1) is 20.0. The Labute approximate surface area is 191 Å². The van der Waals surface area contributed by atoms with E-state index in [1.54, 1.807) is 6.33 Å². The average Bonchev–Trinajstić information content (AvgIpc) is 3.41. The number of H-pyrrole nitrogens is 1. The lowest BCUT2D eigenvalue weighted by molar-refractivity contribution is 0.243. The largest absolute Gasteiger partial charge is 0.491 e. The van der Waals surface area contributed by atoms with Crippen molar-refractivity contribution in [2.24, 2.45) is 0 Å². The van der Waals surface area contributed by atoms with Crippen LogP contribution in [-0.4, -0.2) is 62.6 Å². The van der Waals surface area contributed by atoms with Crippen molar-refractivity contribution >= 4 is 22.7 Å². The van der Waals surface area contributed by atoms with Crippen LogP contribution in [0.4, 0.5) is 11.8 Å². The molecular formula is C23H26N8O2. The van der Waals surface area contributed by atoms with Crippen LogP contribution in [0.1, 0.15) is 38.5 Å². The average molecular weight is 447 g/mol. The highest BCUT2D eigenvalue weighted by atomic mass is 16.5. The Balaban J connectivity index is 1.20. The number of ether oxygens (including phenoxy) is 1. The number of aromatic amines is 1. The fraction of sp³-hybridized carbons (Fsp3) is 0.435. The van der Waals surface area contributed by atoms with E-state index in [4.69, 9.17) is 9.15 Å². The van der Waals surface area contributed by atoms with E-state index >= 15 is 0 Å². The molecule has 0 bridgehead atoms. The van der Waals surface area contributed by atoms with E-state index in [0.29, 0.717) is 11.9 Å². The van der Waals surface area contributed by atoms with Crippen LogP contribution in [0.3, 0.4) is 0 Å². The van der Waals surface area contributed by atoms with Crippen molar-refractivity contribution in [3.8, 4) is 17.1 Å². The van der Waals surface area contributed by atoms with E-state index in [0.717, 1.165) is 78.8 Å². The van der Waals surface area contributed by atoms with E-state index < -0.39 is 0 Å². The first-order valence-corrected chi connectivity index (χ1v) is 11.4. The number of hydrogen-bond donors (Lipinski definition) is 1. The topological polar surface area (TPSA) is 109 Å². The number of nitrogens with zero attached hydrogens (tertiary/aromatic N) is 7. The van der Waals surface area contributed by atoms with Crippen molar-refractivity contribution in [2.75, 3.05) is 36.0 Å². The Bertz CT molecular complexity index is 1270. The molecule has 4 aromatic rings. The van der Waals surface area contributed by atoms with Gasteiger partial charge in [0.1, 0.15) is 23.6 Å². The van der Waals surface area contributed by atoms with Crippen LogP contribution in [0.15, 0.2) is 35.0 Å². The first-order chi connectivity index (χ1) is 16.1. The zero-order valence-electron chi connectivity index (χ0n) is 18.7. The first-order valence-electron chi connectivity index (χ1n) is 11.4. The molecule has 2 fully saturated rings. The maximum absolute atomic E-state index is 5.87. The predicted molar refractivity (Wildman–Crippen MR) is 124 cm³/mol. The van der Waals surface area contributed by atoms with Crippen molar-refractivity contribution < 1.29 is 9.15 Å². The molecule has 2 aliphatic rings. The Morgan fingerprint density at radius 2 is 1.85 bits per heavy atom. The third-order valence-corrected chi connectivity index (χ3v) is 6.03. The number of rotatable bonds is 6. The van der Waals surface area contributed by atoms with Crippen LogP contribution in [0.2, 0.25) is 0 Å². The Hall–Kier alpha value is -3.69. The van der Waals surface area contributed by atoms with Crippen molar-refractivity contribution in [3.05, 3.63) is 36.5 Å². The number of aromatic nitrogens is 6. The molecule has 1 saturated carbocycles. The maximum atomic E-state index is 5.87. The third kappa shape index (κ3) is 3.96. The fourth-order valence-corrected chi connectivity index (χ4v) is 4.16. The fourth-order valence-electron chi connectivity index (χ4n) is 4.16. The van der Waals surface area contributed by atoms with E-state index in [9.17, 15) is 0 Å². The molecule has 0 unspecified atom stereocenters. The van der Waals surface area contributed by atoms with Crippen LogP contribution in [0.5, 0.6) is 5.75 Å². The summed E-state index contributed by atoms with van der Waals surface area (Å²) in [6.45, 7) is 7.25. The lowest BCUT2D eigenvalue weighted by atomic mass is 10.1. The summed E-state index contributed by atoms with van der Waals surface area (Å²) >= 11 is 0. The number of benzene rings is 1. The van der Waals surface area contributed by atoms with E-state index in [2.05, 4.69) is 40.2 Å². The highest BCUT2D eigenvalue weighted by Crippen LogP contribution is 2.40. The molecular weight excluding hydrogens is 420 g/mol. The summed E-state index contributed by atoms with van der Waals surface area (Å²) in [5.41, 5.74) is 2.52. The van der Waals surface area contributed by atoms with Gasteiger partial charge in [-0.3, -0.25) is 5.10 Å². The molecule has 33 heavy (non-hydrogen) atoms. The standard InChI is InChI=1S/C23H26N8O2/c1-14(2)32-16-5-6-18-17(11-16)21(27-26-18)19-12-20(25-13-24-19)30-7-9-31(10-8-30)23-29-28-22(33-23)15-3-4-15/h5-6,11-15H,3-4,7-10H2,1-2H3,(H,26,27). The SMILES string of the molecule is CC(C)Oc1ccc2[nH]nc(-c3cc(N4CCN(c5nnc(C6CC6)o5)CC4)ncn3)c2c1. The molecule has 170 valence electrons. The zero-order chi connectivity index (χ0) is 22.4. The van der Waals surface area contributed by atoms with Gasteiger partial charge in [0.15, 0.2) is 0 Å². The van der Waals surface area contributed by atoms with Gasteiger partial charge in [-0.15, -0.1) is 5.10 Å². The van der Waals surface area contributed by atoms with Gasteiger partial charge in [-0.1, -0.05) is 5.10 Å². The molecule has 1 aliphatic heterocycles. The minimum Gasteiger partial charge on any atom is -0.491 e. The summed E-state index contributed by atoms with van der Waals surface area (Å²) in [5.74, 6) is 2.95. The van der Waals surface area contributed by atoms with Gasteiger partial charge in [0.25, 0.3) is 0 Å². The Kier molecular flexibility index (Phi) is 4.85. The summed E-state index contributed by atoms with van der Waals surface area (Å²) in [5, 5.41) is 17.0. The van der Waals surface area contributed by atoms with Gasteiger partial charge in [0.05, 0.1) is 17.3 Å². The molecule has 0 atom stereocenters. The molecule has 6 rings (SSSR count). The van der Waals surface area contributed by atoms with E-state index in [-0.39, 0.29) is 6.10 Å². The normalized spacial score (nSPS) is 16.7. The van der Waals surface area contributed by atoms with Crippen LogP contribution in [-0.2, 0) is 0 Å². The van der Waals surface area contributed by atoms with Crippen LogP contribution < -0.4 is 14.5 Å². The number of nitrogens with one attached hydrogen (secondary N) is 1. The molecule has 0 spiro atoms. The summed E-state index contributed by atoms with van der Waals surface area (Å²) in [6, 6.07) is 8.57. The number of piperazine rings is 1. The lowest BCUT2D eigenvalue weighted by Gasteiger charge is -2.34. The van der Waals surface area contributed by atoms with Gasteiger partial charge in [-0.05, 0) is 44.9 Å². The summed E-state index contributed by atoms with van der Waals surface area (Å²) in [7, 11) is 0. The van der Waals surface area contributed by atoms with Crippen LogP contribution in [0, 0.1) is 0 Å². The number of fused-ring (bicyclic) bond motifs is 1. The molecule has 1 N–H and O–H groups in total. The highest BCUT2D eigenvalue weighted by molar-refractivity contribution is 5.93. The number of hydrogen-bond acceptors (Lipinski definition) is 9. The summed E-state index contributed by atoms with van der Waals surface area (Å²) < 4.78 is 11.7. The molecule has 4 heterocycles. The molecule has 1 aliphatic carbocycles. The molecule has 10 nitrogen and oxygen atoms in total. The summed E-state index contributed by atoms with van der Waals surface area (Å²) in [4.78, 5) is 13.4. The Morgan fingerprint density at radius 3 is 2.64 bits per heavy atom.